The molecule has 0 fully saturated rings. The van der Waals surface area contributed by atoms with E-state index in [0.717, 1.165) is 12.3 Å². The number of methoxy groups -OCH3 is 1. The zero-order valence-electron chi connectivity index (χ0n) is 10.7. The summed E-state index contributed by atoms with van der Waals surface area (Å²) in [6.07, 6.45) is 1.11. The minimum absolute atomic E-state index is 0.0831. The van der Waals surface area contributed by atoms with Crippen LogP contribution in [0.15, 0.2) is 44.6 Å². The number of aromatic amines is 1. The Balaban J connectivity index is 2.46. The zero-order valence-corrected chi connectivity index (χ0v) is 13.8. The number of benzene rings is 1. The molecule has 112 valence electrons. The lowest BCUT2D eigenvalue weighted by Gasteiger charge is -2.13. The molecule has 0 atom stereocenters. The molecule has 0 saturated heterocycles. The van der Waals surface area contributed by atoms with Crippen molar-refractivity contribution in [3.8, 4) is 5.75 Å². The van der Waals surface area contributed by atoms with Crippen molar-refractivity contribution in [3.63, 3.8) is 0 Å². The quantitative estimate of drug-likeness (QED) is 0.836. The van der Waals surface area contributed by atoms with Gasteiger partial charge >= 0.3 is 0 Å². The van der Waals surface area contributed by atoms with Gasteiger partial charge in [0.05, 0.1) is 17.3 Å². The lowest BCUT2D eigenvalue weighted by molar-refractivity contribution is 0.414. The number of rotatable bonds is 4. The van der Waals surface area contributed by atoms with Crippen LogP contribution in [0.3, 0.4) is 0 Å². The number of pyridine rings is 1. The van der Waals surface area contributed by atoms with Gasteiger partial charge in [0.2, 0.25) is 5.56 Å². The molecule has 2 rings (SSSR count). The Morgan fingerprint density at radius 3 is 2.62 bits per heavy atom. The number of nitrogens with one attached hydrogen (secondary N) is 2. The van der Waals surface area contributed by atoms with Gasteiger partial charge in [-0.2, -0.15) is 0 Å². The van der Waals surface area contributed by atoms with Crippen molar-refractivity contribution in [3.05, 3.63) is 50.3 Å². The van der Waals surface area contributed by atoms with Gasteiger partial charge in [0.15, 0.2) is 5.75 Å². The molecule has 2 N–H and O–H groups in total. The van der Waals surface area contributed by atoms with E-state index < -0.39 is 15.6 Å². The smallest absolute Gasteiger partial charge is 0.263 e. The number of sulfonamides is 1. The Labute approximate surface area is 134 Å². The first-order valence-electron chi connectivity index (χ1n) is 5.58. The van der Waals surface area contributed by atoms with E-state index in [0.29, 0.717) is 15.2 Å². The molecular formula is C12H10BrClN2O4S. The van der Waals surface area contributed by atoms with Gasteiger partial charge in [0, 0.05) is 17.3 Å². The molecule has 0 unspecified atom stereocenters. The lowest BCUT2D eigenvalue weighted by atomic mass is 10.3. The lowest BCUT2D eigenvalue weighted by Crippen LogP contribution is -2.15. The maximum atomic E-state index is 12.3. The van der Waals surface area contributed by atoms with Gasteiger partial charge in [-0.05, 0) is 34.1 Å². The van der Waals surface area contributed by atoms with Gasteiger partial charge in [0.25, 0.3) is 10.0 Å². The van der Waals surface area contributed by atoms with Crippen LogP contribution in [0.1, 0.15) is 0 Å². The van der Waals surface area contributed by atoms with Gasteiger partial charge in [-0.1, -0.05) is 11.6 Å². The number of H-pyrrole nitrogens is 1. The molecular weight excluding hydrogens is 384 g/mol. The van der Waals surface area contributed by atoms with Crippen LogP contribution in [0, 0.1) is 0 Å². The van der Waals surface area contributed by atoms with E-state index in [9.17, 15) is 13.2 Å². The van der Waals surface area contributed by atoms with Gasteiger partial charge < -0.3 is 9.72 Å². The topological polar surface area (TPSA) is 88.3 Å². The maximum absolute atomic E-state index is 12.3. The average Bonchev–Trinajstić information content (AvgIpc) is 2.38. The molecule has 21 heavy (non-hydrogen) atoms. The van der Waals surface area contributed by atoms with Gasteiger partial charge in [0.1, 0.15) is 4.90 Å². The summed E-state index contributed by atoms with van der Waals surface area (Å²) in [5.41, 5.74) is -0.208. The van der Waals surface area contributed by atoms with E-state index in [4.69, 9.17) is 16.3 Å². The van der Waals surface area contributed by atoms with Crippen molar-refractivity contribution in [2.75, 3.05) is 11.8 Å². The van der Waals surface area contributed by atoms with Crippen LogP contribution < -0.4 is 15.0 Å². The van der Waals surface area contributed by atoms with Crippen molar-refractivity contribution in [1.29, 1.82) is 0 Å². The summed E-state index contributed by atoms with van der Waals surface area (Å²) in [5, 5.41) is 0.335. The molecule has 1 aromatic heterocycles. The van der Waals surface area contributed by atoms with E-state index in [1.54, 1.807) is 6.07 Å². The van der Waals surface area contributed by atoms with Crippen LogP contribution in [0.2, 0.25) is 5.02 Å². The molecule has 6 nitrogen and oxygen atoms in total. The van der Waals surface area contributed by atoms with Crippen molar-refractivity contribution < 1.29 is 13.2 Å². The second kappa shape index (κ2) is 6.08. The predicted molar refractivity (Wildman–Crippen MR) is 83.6 cm³/mol. The first kappa shape index (κ1) is 15.9. The molecule has 0 aliphatic rings. The SMILES string of the molecule is COc1c(Br)cc(Cl)cc1NS(=O)(=O)c1ccc(=O)[nH]c1. The summed E-state index contributed by atoms with van der Waals surface area (Å²) in [4.78, 5) is 13.2. The summed E-state index contributed by atoms with van der Waals surface area (Å²) >= 11 is 9.15. The normalized spacial score (nSPS) is 11.2. The van der Waals surface area contributed by atoms with Crippen LogP contribution in [-0.2, 0) is 10.0 Å². The van der Waals surface area contributed by atoms with E-state index in [2.05, 4.69) is 25.6 Å². The molecule has 0 aliphatic heterocycles. The van der Waals surface area contributed by atoms with Crippen molar-refractivity contribution in [2.24, 2.45) is 0 Å². The predicted octanol–water partition coefficient (Wildman–Crippen LogP) is 2.60. The van der Waals surface area contributed by atoms with Gasteiger partial charge in [-0.25, -0.2) is 8.42 Å². The first-order valence-corrected chi connectivity index (χ1v) is 8.23. The van der Waals surface area contributed by atoms with Crippen LogP contribution >= 0.6 is 27.5 Å². The van der Waals surface area contributed by atoms with Crippen LogP contribution in [-0.4, -0.2) is 20.5 Å². The molecule has 0 spiro atoms. The van der Waals surface area contributed by atoms with E-state index in [-0.39, 0.29) is 10.6 Å². The van der Waals surface area contributed by atoms with Crippen LogP contribution in [0.25, 0.3) is 0 Å². The summed E-state index contributed by atoms with van der Waals surface area (Å²) < 4.78 is 32.5. The molecule has 0 bridgehead atoms. The van der Waals surface area contributed by atoms with Crippen LogP contribution in [0.4, 0.5) is 5.69 Å². The average molecular weight is 394 g/mol. The summed E-state index contributed by atoms with van der Waals surface area (Å²) in [5.74, 6) is 0.299. The van der Waals surface area contributed by atoms with E-state index in [1.165, 1.54) is 19.2 Å². The third-order valence-electron chi connectivity index (χ3n) is 2.52. The molecule has 0 radical (unpaired) electrons. The molecule has 1 heterocycles. The van der Waals surface area contributed by atoms with Crippen molar-refractivity contribution in [1.82, 2.24) is 4.98 Å². The largest absolute Gasteiger partial charge is 0.493 e. The first-order chi connectivity index (χ1) is 9.83. The Morgan fingerprint density at radius 2 is 2.05 bits per heavy atom. The fourth-order valence-electron chi connectivity index (χ4n) is 1.61. The van der Waals surface area contributed by atoms with E-state index >= 15 is 0 Å². The highest BCUT2D eigenvalue weighted by Gasteiger charge is 2.18. The molecule has 9 heteroatoms. The number of hydrogen-bond acceptors (Lipinski definition) is 4. The fourth-order valence-corrected chi connectivity index (χ4v) is 3.60. The molecule has 0 aliphatic carbocycles. The second-order valence-electron chi connectivity index (χ2n) is 3.96. The zero-order chi connectivity index (χ0) is 15.6. The number of ether oxygens (including phenoxy) is 1. The monoisotopic (exact) mass is 392 g/mol. The van der Waals surface area contributed by atoms with Crippen molar-refractivity contribution in [2.45, 2.75) is 4.90 Å². The second-order valence-corrected chi connectivity index (χ2v) is 6.94. The molecule has 2 aromatic rings. The van der Waals surface area contributed by atoms with Crippen molar-refractivity contribution >= 4 is 43.2 Å². The fraction of sp³-hybridized carbons (Fsp3) is 0.0833. The summed E-state index contributed by atoms with van der Waals surface area (Å²) in [7, 11) is -2.47. The highest BCUT2D eigenvalue weighted by molar-refractivity contribution is 9.10. The third kappa shape index (κ3) is 3.58. The summed E-state index contributed by atoms with van der Waals surface area (Å²) in [6, 6.07) is 5.33. The number of hydrogen-bond donors (Lipinski definition) is 2. The minimum atomic E-state index is -3.88. The molecule has 1 aromatic carbocycles. The summed E-state index contributed by atoms with van der Waals surface area (Å²) in [6.45, 7) is 0. The Hall–Kier alpha value is -1.51. The highest BCUT2D eigenvalue weighted by atomic mass is 79.9. The van der Waals surface area contributed by atoms with Crippen LogP contribution in [0.5, 0.6) is 5.75 Å². The van der Waals surface area contributed by atoms with Gasteiger partial charge in [-0.3, -0.25) is 9.52 Å². The minimum Gasteiger partial charge on any atom is -0.493 e. The number of halogens is 2. The maximum Gasteiger partial charge on any atom is 0.263 e. The molecule has 0 saturated carbocycles. The Bertz CT molecular complexity index is 815. The Morgan fingerprint density at radius 1 is 1.33 bits per heavy atom. The Kier molecular flexibility index (Phi) is 4.60. The van der Waals surface area contributed by atoms with Gasteiger partial charge in [-0.15, -0.1) is 0 Å². The number of aromatic nitrogens is 1. The van der Waals surface area contributed by atoms with E-state index in [1.807, 2.05) is 0 Å². The standard InChI is InChI=1S/C12H10BrClN2O4S/c1-20-12-9(13)4-7(14)5-10(12)16-21(18,19)8-2-3-11(17)15-6-8/h2-6,16H,1H3,(H,15,17). The third-order valence-corrected chi connectivity index (χ3v) is 4.69. The highest BCUT2D eigenvalue weighted by Crippen LogP contribution is 2.37. The number of anilines is 1. The molecule has 0 amide bonds.